The number of amides is 1. The van der Waals surface area contributed by atoms with Crippen molar-refractivity contribution in [3.05, 3.63) is 66.0 Å². The van der Waals surface area contributed by atoms with Crippen LogP contribution in [0.25, 0.3) is 0 Å². The van der Waals surface area contributed by atoms with Gasteiger partial charge >= 0.3 is 0 Å². The minimum atomic E-state index is -0.413. The lowest BCUT2D eigenvalue weighted by molar-refractivity contribution is -0.116. The Hall–Kier alpha value is -1.91. The molecular weight excluding hydrogens is 303 g/mol. The largest absolute Gasteiger partial charge is 0.324 e. The Balaban J connectivity index is 0.00000242. The van der Waals surface area contributed by atoms with Crippen molar-refractivity contribution < 1.29 is 9.18 Å². The first-order valence-electron chi connectivity index (χ1n) is 6.92. The SMILES string of the molecule is CN(CCC(=O)Nc1ccccc1F)Cc1ccccc1.Cl. The number of nitrogens with one attached hydrogen (secondary N) is 1. The Morgan fingerprint density at radius 3 is 2.41 bits per heavy atom. The van der Waals surface area contributed by atoms with E-state index in [4.69, 9.17) is 0 Å². The van der Waals surface area contributed by atoms with Crippen molar-refractivity contribution >= 4 is 24.0 Å². The van der Waals surface area contributed by atoms with Crippen molar-refractivity contribution in [2.45, 2.75) is 13.0 Å². The van der Waals surface area contributed by atoms with Crippen LogP contribution in [0, 0.1) is 5.82 Å². The first kappa shape index (κ1) is 18.1. The average Bonchev–Trinajstić information content (AvgIpc) is 2.49. The van der Waals surface area contributed by atoms with Gasteiger partial charge in [0, 0.05) is 19.5 Å². The monoisotopic (exact) mass is 322 g/mol. The number of benzene rings is 2. The minimum absolute atomic E-state index is 0. The molecule has 1 amide bonds. The fourth-order valence-corrected chi connectivity index (χ4v) is 2.04. The Kier molecular flexibility index (Phi) is 7.57. The highest BCUT2D eigenvalue weighted by molar-refractivity contribution is 5.90. The van der Waals surface area contributed by atoms with Crippen LogP contribution >= 0.6 is 12.4 Å². The van der Waals surface area contributed by atoms with Crippen LogP contribution in [0.15, 0.2) is 54.6 Å². The Labute approximate surface area is 136 Å². The fourth-order valence-electron chi connectivity index (χ4n) is 2.04. The standard InChI is InChI=1S/C17H19FN2O.ClH/c1-20(13-14-7-3-2-4-8-14)12-11-17(21)19-16-10-6-5-9-15(16)18;/h2-10H,11-13H2,1H3,(H,19,21);1H. The molecule has 0 heterocycles. The van der Waals surface area contributed by atoms with Crippen LogP contribution < -0.4 is 5.32 Å². The molecule has 2 aromatic rings. The van der Waals surface area contributed by atoms with E-state index in [2.05, 4.69) is 22.3 Å². The molecule has 0 aliphatic rings. The Bertz CT molecular complexity index is 592. The quantitative estimate of drug-likeness (QED) is 0.879. The number of nitrogens with zero attached hydrogens (tertiary/aromatic N) is 1. The van der Waals surface area contributed by atoms with Crippen LogP contribution in [0.3, 0.4) is 0 Å². The lowest BCUT2D eigenvalue weighted by Gasteiger charge is -2.16. The van der Waals surface area contributed by atoms with Crippen molar-refractivity contribution in [1.29, 1.82) is 0 Å². The second-order valence-corrected chi connectivity index (χ2v) is 5.00. The molecule has 0 saturated carbocycles. The van der Waals surface area contributed by atoms with Gasteiger partial charge in [0.1, 0.15) is 5.82 Å². The summed E-state index contributed by atoms with van der Waals surface area (Å²) in [4.78, 5) is 13.9. The second-order valence-electron chi connectivity index (χ2n) is 5.00. The number of hydrogen-bond acceptors (Lipinski definition) is 2. The van der Waals surface area contributed by atoms with Crippen LogP contribution in [0.1, 0.15) is 12.0 Å². The van der Waals surface area contributed by atoms with E-state index in [9.17, 15) is 9.18 Å². The smallest absolute Gasteiger partial charge is 0.225 e. The molecule has 0 bridgehead atoms. The van der Waals surface area contributed by atoms with Gasteiger partial charge in [-0.25, -0.2) is 4.39 Å². The van der Waals surface area contributed by atoms with Gasteiger partial charge in [-0.15, -0.1) is 12.4 Å². The summed E-state index contributed by atoms with van der Waals surface area (Å²) in [5.74, 6) is -0.594. The summed E-state index contributed by atoms with van der Waals surface area (Å²) >= 11 is 0. The van der Waals surface area contributed by atoms with Crippen LogP contribution in [-0.4, -0.2) is 24.4 Å². The van der Waals surface area contributed by atoms with E-state index in [0.717, 1.165) is 6.54 Å². The third-order valence-corrected chi connectivity index (χ3v) is 3.16. The zero-order chi connectivity index (χ0) is 15.1. The van der Waals surface area contributed by atoms with Gasteiger partial charge in [0.2, 0.25) is 5.91 Å². The molecule has 0 aliphatic carbocycles. The van der Waals surface area contributed by atoms with Gasteiger partial charge in [-0.05, 0) is 24.7 Å². The first-order valence-corrected chi connectivity index (χ1v) is 6.92. The van der Waals surface area contributed by atoms with E-state index in [1.54, 1.807) is 18.2 Å². The van der Waals surface area contributed by atoms with Crippen LogP contribution in [-0.2, 0) is 11.3 Å². The third-order valence-electron chi connectivity index (χ3n) is 3.16. The van der Waals surface area contributed by atoms with Gasteiger partial charge in [0.25, 0.3) is 0 Å². The highest BCUT2D eigenvalue weighted by Crippen LogP contribution is 2.12. The van der Waals surface area contributed by atoms with Gasteiger partial charge in [-0.1, -0.05) is 42.5 Å². The normalized spacial score (nSPS) is 10.1. The summed E-state index contributed by atoms with van der Waals surface area (Å²) in [5.41, 5.74) is 1.43. The molecule has 22 heavy (non-hydrogen) atoms. The molecule has 0 radical (unpaired) electrons. The van der Waals surface area contributed by atoms with E-state index in [0.29, 0.717) is 13.0 Å². The maximum atomic E-state index is 13.4. The van der Waals surface area contributed by atoms with Crippen molar-refractivity contribution in [3.63, 3.8) is 0 Å². The zero-order valence-corrected chi connectivity index (χ0v) is 13.3. The molecule has 1 N–H and O–H groups in total. The van der Waals surface area contributed by atoms with Gasteiger partial charge in [-0.2, -0.15) is 0 Å². The van der Waals surface area contributed by atoms with Gasteiger partial charge in [0.15, 0.2) is 0 Å². The molecule has 0 aliphatic heterocycles. The zero-order valence-electron chi connectivity index (χ0n) is 12.5. The van der Waals surface area contributed by atoms with Gasteiger partial charge in [0.05, 0.1) is 5.69 Å². The van der Waals surface area contributed by atoms with Crippen LogP contribution in [0.2, 0.25) is 0 Å². The number of carbonyl (C=O) groups is 1. The predicted molar refractivity (Wildman–Crippen MR) is 89.7 cm³/mol. The third kappa shape index (κ3) is 5.84. The summed E-state index contributed by atoms with van der Waals surface area (Å²) in [7, 11) is 1.96. The topological polar surface area (TPSA) is 32.3 Å². The highest BCUT2D eigenvalue weighted by Gasteiger charge is 2.08. The fraction of sp³-hybridized carbons (Fsp3) is 0.235. The number of halogens is 2. The number of carbonyl (C=O) groups excluding carboxylic acids is 1. The van der Waals surface area contributed by atoms with E-state index < -0.39 is 5.82 Å². The summed E-state index contributed by atoms with van der Waals surface area (Å²) in [6.07, 6.45) is 0.331. The lowest BCUT2D eigenvalue weighted by Crippen LogP contribution is -2.24. The molecule has 0 saturated heterocycles. The highest BCUT2D eigenvalue weighted by atomic mass is 35.5. The molecule has 0 aromatic heterocycles. The van der Waals surface area contributed by atoms with Crippen LogP contribution in [0.5, 0.6) is 0 Å². The Morgan fingerprint density at radius 2 is 1.73 bits per heavy atom. The number of rotatable bonds is 6. The number of anilines is 1. The van der Waals surface area contributed by atoms with E-state index in [1.165, 1.54) is 11.6 Å². The molecule has 3 nitrogen and oxygen atoms in total. The Morgan fingerprint density at radius 1 is 1.09 bits per heavy atom. The van der Waals surface area contributed by atoms with Crippen molar-refractivity contribution in [3.8, 4) is 0 Å². The van der Waals surface area contributed by atoms with Gasteiger partial charge in [-0.3, -0.25) is 4.79 Å². The van der Waals surface area contributed by atoms with E-state index in [-0.39, 0.29) is 24.0 Å². The number of hydrogen-bond donors (Lipinski definition) is 1. The van der Waals surface area contributed by atoms with Crippen LogP contribution in [0.4, 0.5) is 10.1 Å². The summed E-state index contributed by atoms with van der Waals surface area (Å²) < 4.78 is 13.4. The first-order chi connectivity index (χ1) is 10.1. The second kappa shape index (κ2) is 9.18. The molecule has 0 atom stereocenters. The van der Waals surface area contributed by atoms with Crippen molar-refractivity contribution in [2.75, 3.05) is 18.9 Å². The summed E-state index contributed by atoms with van der Waals surface area (Å²) in [6.45, 7) is 1.41. The molecule has 2 aromatic carbocycles. The molecule has 0 spiro atoms. The molecule has 118 valence electrons. The van der Waals surface area contributed by atoms with E-state index >= 15 is 0 Å². The predicted octanol–water partition coefficient (Wildman–Crippen LogP) is 3.71. The van der Waals surface area contributed by atoms with E-state index in [1.807, 2.05) is 25.2 Å². The summed E-state index contributed by atoms with van der Waals surface area (Å²) in [5, 5.41) is 2.59. The van der Waals surface area contributed by atoms with Crippen molar-refractivity contribution in [2.24, 2.45) is 0 Å². The molecule has 0 fully saturated rings. The molecule has 5 heteroatoms. The average molecular weight is 323 g/mol. The lowest BCUT2D eigenvalue weighted by atomic mass is 10.2. The minimum Gasteiger partial charge on any atom is -0.324 e. The van der Waals surface area contributed by atoms with Crippen molar-refractivity contribution in [1.82, 2.24) is 4.90 Å². The molecule has 0 unspecified atom stereocenters. The summed E-state index contributed by atoms with van der Waals surface area (Å²) in [6, 6.07) is 16.2. The molecular formula is C17H20ClFN2O. The van der Waals surface area contributed by atoms with Gasteiger partial charge < -0.3 is 10.2 Å². The maximum Gasteiger partial charge on any atom is 0.225 e. The number of para-hydroxylation sites is 1. The maximum absolute atomic E-state index is 13.4. The molecule has 2 rings (SSSR count).